The van der Waals surface area contributed by atoms with Crippen molar-refractivity contribution in [2.75, 3.05) is 19.7 Å². The van der Waals surface area contributed by atoms with Crippen LogP contribution in [-0.4, -0.2) is 25.8 Å². The minimum Gasteiger partial charge on any atom is -0.377 e. The molecule has 0 aliphatic heterocycles. The maximum absolute atomic E-state index is 5.46. The molecule has 0 unspecified atom stereocenters. The molecule has 0 saturated heterocycles. The van der Waals surface area contributed by atoms with E-state index < -0.39 is 0 Å². The Morgan fingerprint density at radius 2 is 1.41 bits per heavy atom. The van der Waals surface area contributed by atoms with E-state index in [-0.39, 0.29) is 0 Å². The Kier molecular flexibility index (Phi) is 13.9. The first-order chi connectivity index (χ1) is 8.27. The summed E-state index contributed by atoms with van der Waals surface area (Å²) in [6.45, 7) is 9.42. The summed E-state index contributed by atoms with van der Waals surface area (Å²) < 4.78 is 5.46. The fourth-order valence-electron chi connectivity index (χ4n) is 1.88. The second-order valence-corrected chi connectivity index (χ2v) is 5.14. The number of nitrogens with one attached hydrogen (secondary N) is 1. The van der Waals surface area contributed by atoms with Crippen molar-refractivity contribution < 1.29 is 4.74 Å². The normalized spacial score (nSPS) is 11.3. The van der Waals surface area contributed by atoms with E-state index >= 15 is 0 Å². The van der Waals surface area contributed by atoms with Gasteiger partial charge in [-0.3, -0.25) is 0 Å². The molecule has 17 heavy (non-hydrogen) atoms. The third-order valence-corrected chi connectivity index (χ3v) is 2.94. The van der Waals surface area contributed by atoms with Gasteiger partial charge < -0.3 is 10.1 Å². The van der Waals surface area contributed by atoms with Crippen molar-refractivity contribution in [1.29, 1.82) is 0 Å². The van der Waals surface area contributed by atoms with Gasteiger partial charge in [0.25, 0.3) is 0 Å². The van der Waals surface area contributed by atoms with Gasteiger partial charge in [0.15, 0.2) is 0 Å². The first-order valence-electron chi connectivity index (χ1n) is 7.59. The molecule has 0 fully saturated rings. The van der Waals surface area contributed by atoms with Crippen LogP contribution in [0.4, 0.5) is 0 Å². The number of rotatable bonds is 13. The van der Waals surface area contributed by atoms with Crippen LogP contribution in [0.1, 0.15) is 72.1 Å². The molecule has 0 aromatic heterocycles. The van der Waals surface area contributed by atoms with E-state index in [4.69, 9.17) is 4.74 Å². The molecule has 0 bridgehead atoms. The lowest BCUT2D eigenvalue weighted by atomic mass is 10.1. The van der Waals surface area contributed by atoms with Crippen LogP contribution in [0.2, 0.25) is 0 Å². The summed E-state index contributed by atoms with van der Waals surface area (Å²) >= 11 is 0. The molecule has 0 saturated carbocycles. The van der Waals surface area contributed by atoms with E-state index in [1.807, 2.05) is 0 Å². The highest BCUT2D eigenvalue weighted by Gasteiger charge is 1.93. The van der Waals surface area contributed by atoms with E-state index in [0.29, 0.717) is 6.10 Å². The van der Waals surface area contributed by atoms with Crippen molar-refractivity contribution in [3.8, 4) is 0 Å². The topological polar surface area (TPSA) is 21.3 Å². The molecule has 0 aliphatic rings. The van der Waals surface area contributed by atoms with Crippen molar-refractivity contribution in [2.24, 2.45) is 0 Å². The van der Waals surface area contributed by atoms with Crippen LogP contribution in [0.3, 0.4) is 0 Å². The SMILES string of the molecule is CCCCCCCCCCNCCOC(C)C. The summed E-state index contributed by atoms with van der Waals surface area (Å²) in [6.07, 6.45) is 11.5. The second-order valence-electron chi connectivity index (χ2n) is 5.14. The molecular formula is C15H33NO. The molecule has 0 heterocycles. The molecule has 0 atom stereocenters. The molecule has 0 aromatic rings. The van der Waals surface area contributed by atoms with Crippen LogP contribution in [0.5, 0.6) is 0 Å². The molecule has 0 aromatic carbocycles. The van der Waals surface area contributed by atoms with Crippen molar-refractivity contribution >= 4 is 0 Å². The van der Waals surface area contributed by atoms with Crippen LogP contribution in [0, 0.1) is 0 Å². The van der Waals surface area contributed by atoms with Gasteiger partial charge in [-0.2, -0.15) is 0 Å². The summed E-state index contributed by atoms with van der Waals surface area (Å²) in [5.74, 6) is 0. The van der Waals surface area contributed by atoms with Gasteiger partial charge in [-0.15, -0.1) is 0 Å². The number of hydrogen-bond acceptors (Lipinski definition) is 2. The van der Waals surface area contributed by atoms with Crippen molar-refractivity contribution in [2.45, 2.75) is 78.2 Å². The maximum Gasteiger partial charge on any atom is 0.0594 e. The van der Waals surface area contributed by atoms with E-state index in [1.54, 1.807) is 0 Å². The van der Waals surface area contributed by atoms with E-state index in [2.05, 4.69) is 26.1 Å². The monoisotopic (exact) mass is 243 g/mol. The molecule has 104 valence electrons. The fraction of sp³-hybridized carbons (Fsp3) is 1.00. The maximum atomic E-state index is 5.46. The zero-order chi connectivity index (χ0) is 12.8. The summed E-state index contributed by atoms with van der Waals surface area (Å²) in [7, 11) is 0. The Balaban J connectivity index is 2.89. The highest BCUT2D eigenvalue weighted by atomic mass is 16.5. The Morgan fingerprint density at radius 1 is 0.824 bits per heavy atom. The lowest BCUT2D eigenvalue weighted by molar-refractivity contribution is 0.0809. The van der Waals surface area contributed by atoms with Crippen molar-refractivity contribution in [3.05, 3.63) is 0 Å². The molecule has 2 heteroatoms. The molecule has 0 spiro atoms. The van der Waals surface area contributed by atoms with Crippen LogP contribution < -0.4 is 5.32 Å². The summed E-state index contributed by atoms with van der Waals surface area (Å²) in [5, 5.41) is 3.43. The van der Waals surface area contributed by atoms with Gasteiger partial charge >= 0.3 is 0 Å². The fourth-order valence-corrected chi connectivity index (χ4v) is 1.88. The predicted octanol–water partition coefficient (Wildman–Crippen LogP) is 4.14. The molecule has 0 amide bonds. The summed E-state index contributed by atoms with van der Waals surface area (Å²) in [6, 6.07) is 0. The molecule has 1 N–H and O–H groups in total. The third kappa shape index (κ3) is 15.9. The first-order valence-corrected chi connectivity index (χ1v) is 7.59. The van der Waals surface area contributed by atoms with Gasteiger partial charge in [-0.1, -0.05) is 51.9 Å². The number of ether oxygens (including phenoxy) is 1. The largest absolute Gasteiger partial charge is 0.377 e. The second kappa shape index (κ2) is 14.0. The van der Waals surface area contributed by atoms with Gasteiger partial charge in [-0.05, 0) is 26.8 Å². The Hall–Kier alpha value is -0.0800. The molecule has 0 radical (unpaired) electrons. The zero-order valence-electron chi connectivity index (χ0n) is 12.3. The molecule has 0 aliphatic carbocycles. The lowest BCUT2D eigenvalue weighted by Gasteiger charge is -2.08. The standard InChI is InChI=1S/C15H33NO/c1-4-5-6-7-8-9-10-11-12-16-13-14-17-15(2)3/h15-16H,4-14H2,1-3H3. The minimum atomic E-state index is 0.361. The van der Waals surface area contributed by atoms with E-state index in [0.717, 1.165) is 19.7 Å². The smallest absolute Gasteiger partial charge is 0.0594 e. The summed E-state index contributed by atoms with van der Waals surface area (Å²) in [5.41, 5.74) is 0. The Bertz CT molecular complexity index is 137. The number of hydrogen-bond donors (Lipinski definition) is 1. The zero-order valence-corrected chi connectivity index (χ0v) is 12.3. The highest BCUT2D eigenvalue weighted by molar-refractivity contribution is 4.50. The van der Waals surface area contributed by atoms with E-state index in [1.165, 1.54) is 51.4 Å². The van der Waals surface area contributed by atoms with Crippen molar-refractivity contribution in [1.82, 2.24) is 5.32 Å². The quantitative estimate of drug-likeness (QED) is 0.491. The summed E-state index contributed by atoms with van der Waals surface area (Å²) in [4.78, 5) is 0. The third-order valence-electron chi connectivity index (χ3n) is 2.94. The Morgan fingerprint density at radius 3 is 2.00 bits per heavy atom. The minimum absolute atomic E-state index is 0.361. The van der Waals surface area contributed by atoms with Gasteiger partial charge in [-0.25, -0.2) is 0 Å². The van der Waals surface area contributed by atoms with Crippen molar-refractivity contribution in [3.63, 3.8) is 0 Å². The number of unbranched alkanes of at least 4 members (excludes halogenated alkanes) is 7. The predicted molar refractivity (Wildman–Crippen MR) is 76.6 cm³/mol. The average molecular weight is 243 g/mol. The highest BCUT2D eigenvalue weighted by Crippen LogP contribution is 2.07. The average Bonchev–Trinajstić information content (AvgIpc) is 2.30. The van der Waals surface area contributed by atoms with Crippen LogP contribution >= 0.6 is 0 Å². The molecule has 2 nitrogen and oxygen atoms in total. The van der Waals surface area contributed by atoms with Crippen LogP contribution in [0.15, 0.2) is 0 Å². The first kappa shape index (κ1) is 16.9. The van der Waals surface area contributed by atoms with Gasteiger partial charge in [0.1, 0.15) is 0 Å². The Labute approximate surface area is 109 Å². The van der Waals surface area contributed by atoms with Gasteiger partial charge in [0.2, 0.25) is 0 Å². The molecular weight excluding hydrogens is 210 g/mol. The van der Waals surface area contributed by atoms with Crippen LogP contribution in [-0.2, 0) is 4.74 Å². The molecule has 0 rings (SSSR count). The lowest BCUT2D eigenvalue weighted by Crippen LogP contribution is -2.22. The van der Waals surface area contributed by atoms with Gasteiger partial charge in [0, 0.05) is 6.54 Å². The van der Waals surface area contributed by atoms with E-state index in [9.17, 15) is 0 Å². The van der Waals surface area contributed by atoms with Crippen LogP contribution in [0.25, 0.3) is 0 Å². The van der Waals surface area contributed by atoms with Gasteiger partial charge in [0.05, 0.1) is 12.7 Å².